The van der Waals surface area contributed by atoms with E-state index in [2.05, 4.69) is 58.4 Å². The summed E-state index contributed by atoms with van der Waals surface area (Å²) in [5.41, 5.74) is 3.33. The second-order valence-corrected chi connectivity index (χ2v) is 8.37. The topological polar surface area (TPSA) is 52.9 Å². The van der Waals surface area contributed by atoms with Gasteiger partial charge >= 0.3 is 0 Å². The van der Waals surface area contributed by atoms with Crippen LogP contribution in [0.15, 0.2) is 82.9 Å². The average Bonchev–Trinajstić information content (AvgIpc) is 3.30. The molecule has 0 spiro atoms. The van der Waals surface area contributed by atoms with Crippen LogP contribution in [-0.4, -0.2) is 0 Å². The number of fused-ring (bicyclic) bond motifs is 6. The molecule has 4 nitrogen and oxygen atoms in total. The summed E-state index contributed by atoms with van der Waals surface area (Å²) in [6.07, 6.45) is 1.86. The Balaban J connectivity index is 1.77. The Hall–Kier alpha value is -4.87. The van der Waals surface area contributed by atoms with Gasteiger partial charge in [0.2, 0.25) is 6.19 Å². The first kappa shape index (κ1) is 19.8. The molecule has 5 heteroatoms. The summed E-state index contributed by atoms with van der Waals surface area (Å²) in [6.45, 7) is 9.47. The van der Waals surface area contributed by atoms with Crippen LogP contribution in [-0.2, 0) is 0 Å². The van der Waals surface area contributed by atoms with Crippen molar-refractivity contribution in [3.8, 4) is 17.3 Å². The van der Waals surface area contributed by atoms with E-state index in [0.717, 1.165) is 48.8 Å². The van der Waals surface area contributed by atoms with Crippen LogP contribution in [0.25, 0.3) is 59.2 Å². The Labute approximate surface area is 193 Å². The maximum Gasteiger partial charge on any atom is 0.206 e. The Kier molecular flexibility index (Phi) is 4.27. The van der Waals surface area contributed by atoms with Crippen molar-refractivity contribution in [2.24, 2.45) is 10.1 Å². The molecule has 6 aromatic carbocycles. The SMILES string of the molecule is [C-]#[N+]/N=c1\c2cc(-c3ccc(C)cc3)ccc2c2cc3c(=NC#N)c4cc(F)ccc4c3cc12. The van der Waals surface area contributed by atoms with Gasteiger partial charge in [-0.15, -0.1) is 4.95 Å². The summed E-state index contributed by atoms with van der Waals surface area (Å²) < 4.78 is 14.0. The monoisotopic (exact) mass is 438 g/mol. The fraction of sp³-hybridized carbons (Fsp3) is 0.0345. The van der Waals surface area contributed by atoms with Crippen LogP contribution in [0.2, 0.25) is 0 Å². The molecule has 0 bridgehead atoms. The van der Waals surface area contributed by atoms with Crippen molar-refractivity contribution >= 4 is 43.1 Å². The minimum absolute atomic E-state index is 0.381. The zero-order valence-electron chi connectivity index (χ0n) is 18.1. The highest BCUT2D eigenvalue weighted by Gasteiger charge is 2.17. The summed E-state index contributed by atoms with van der Waals surface area (Å²) in [4.78, 5) is 7.37. The van der Waals surface area contributed by atoms with E-state index in [4.69, 9.17) is 6.57 Å². The maximum atomic E-state index is 14.0. The molecule has 6 rings (SSSR count). The number of hydrogen-bond donors (Lipinski definition) is 0. The lowest BCUT2D eigenvalue weighted by molar-refractivity contribution is 0.629. The van der Waals surface area contributed by atoms with Crippen LogP contribution in [0.5, 0.6) is 0 Å². The fourth-order valence-electron chi connectivity index (χ4n) is 4.90. The van der Waals surface area contributed by atoms with E-state index in [9.17, 15) is 9.65 Å². The van der Waals surface area contributed by atoms with Gasteiger partial charge in [-0.25, -0.2) is 4.39 Å². The van der Waals surface area contributed by atoms with Gasteiger partial charge in [-0.2, -0.15) is 16.8 Å². The molecule has 0 aliphatic heterocycles. The highest BCUT2D eigenvalue weighted by molar-refractivity contribution is 6.21. The lowest BCUT2D eigenvalue weighted by Crippen LogP contribution is -1.99. The van der Waals surface area contributed by atoms with Crippen LogP contribution >= 0.6 is 0 Å². The molecule has 0 amide bonds. The average molecular weight is 438 g/mol. The molecule has 0 atom stereocenters. The standard InChI is InChI=1S/C29H15FN4/c1-16-3-5-17(6-4-16)18-7-9-20-23-13-26-22(14-27(23)29(34-32-2)24(20)11-18)21-10-8-19(30)12-25(21)28(26)33-15-31/h3-14H,1H3/b33-28?,34-29+. The zero-order chi connectivity index (χ0) is 23.4. The van der Waals surface area contributed by atoms with E-state index >= 15 is 0 Å². The van der Waals surface area contributed by atoms with Gasteiger partial charge in [-0.1, -0.05) is 48.0 Å². The molecule has 0 aliphatic rings. The largest absolute Gasteiger partial charge is 0.207 e. The molecule has 6 aromatic rings. The number of halogens is 1. The Bertz CT molecular complexity index is 1990. The minimum atomic E-state index is -0.381. The number of aryl methyl sites for hydroxylation is 1. The molecule has 0 radical (unpaired) electrons. The zero-order valence-corrected chi connectivity index (χ0v) is 18.1. The van der Waals surface area contributed by atoms with Crippen LogP contribution in [0.4, 0.5) is 4.39 Å². The summed E-state index contributed by atoms with van der Waals surface area (Å²) >= 11 is 0. The summed E-state index contributed by atoms with van der Waals surface area (Å²) in [6, 6.07) is 23.0. The molecular formula is C29H15FN4. The Morgan fingerprint density at radius 3 is 1.97 bits per heavy atom. The summed E-state index contributed by atoms with van der Waals surface area (Å²) in [7, 11) is 0. The van der Waals surface area contributed by atoms with Gasteiger partial charge in [0.25, 0.3) is 0 Å². The molecule has 34 heavy (non-hydrogen) atoms. The normalized spacial score (nSPS) is 12.7. The molecule has 0 unspecified atom stereocenters. The molecule has 0 fully saturated rings. The first-order valence-corrected chi connectivity index (χ1v) is 10.7. The van der Waals surface area contributed by atoms with Crippen LogP contribution < -0.4 is 10.7 Å². The first-order valence-electron chi connectivity index (χ1n) is 10.7. The van der Waals surface area contributed by atoms with Gasteiger partial charge in [-0.05, 0) is 69.9 Å². The number of rotatable bonds is 1. The third-order valence-corrected chi connectivity index (χ3v) is 6.46. The molecule has 0 aliphatic carbocycles. The van der Waals surface area contributed by atoms with Crippen molar-refractivity contribution in [2.75, 3.05) is 0 Å². The van der Waals surface area contributed by atoms with Gasteiger partial charge in [0.1, 0.15) is 5.82 Å². The van der Waals surface area contributed by atoms with Gasteiger partial charge in [0, 0.05) is 21.5 Å². The van der Waals surface area contributed by atoms with E-state index in [1.165, 1.54) is 17.7 Å². The van der Waals surface area contributed by atoms with Gasteiger partial charge in [-0.3, -0.25) is 0 Å². The third kappa shape index (κ3) is 2.81. The fourth-order valence-corrected chi connectivity index (χ4v) is 4.90. The molecule has 0 saturated heterocycles. The predicted molar refractivity (Wildman–Crippen MR) is 132 cm³/mol. The summed E-state index contributed by atoms with van der Waals surface area (Å²) in [5, 5.41) is 21.2. The van der Waals surface area contributed by atoms with Crippen molar-refractivity contribution in [3.05, 3.63) is 106 Å². The quantitative estimate of drug-likeness (QED) is 0.166. The van der Waals surface area contributed by atoms with Crippen molar-refractivity contribution in [1.82, 2.24) is 0 Å². The smallest absolute Gasteiger partial charge is 0.206 e. The van der Waals surface area contributed by atoms with Crippen LogP contribution in [0.1, 0.15) is 5.56 Å². The van der Waals surface area contributed by atoms with E-state index in [1.807, 2.05) is 24.4 Å². The highest BCUT2D eigenvalue weighted by Crippen LogP contribution is 2.34. The van der Waals surface area contributed by atoms with Crippen molar-refractivity contribution in [2.45, 2.75) is 6.92 Å². The second kappa shape index (κ2) is 7.33. The lowest BCUT2D eigenvalue weighted by Gasteiger charge is -2.03. The van der Waals surface area contributed by atoms with Crippen LogP contribution in [0.3, 0.4) is 0 Å². The van der Waals surface area contributed by atoms with Gasteiger partial charge in [0.15, 0.2) is 5.36 Å². The highest BCUT2D eigenvalue weighted by atomic mass is 19.1. The van der Waals surface area contributed by atoms with Crippen molar-refractivity contribution < 1.29 is 4.39 Å². The lowest BCUT2D eigenvalue weighted by atomic mass is 10.0. The third-order valence-electron chi connectivity index (χ3n) is 6.46. The maximum absolute atomic E-state index is 14.0. The molecule has 0 aromatic heterocycles. The Morgan fingerprint density at radius 2 is 1.29 bits per heavy atom. The summed E-state index contributed by atoms with van der Waals surface area (Å²) in [5.74, 6) is -0.381. The van der Waals surface area contributed by atoms with Crippen LogP contribution in [0, 0.1) is 30.8 Å². The first-order chi connectivity index (χ1) is 16.6. The predicted octanol–water partition coefficient (Wildman–Crippen LogP) is 6.41. The molecule has 158 valence electrons. The van der Waals surface area contributed by atoms with Gasteiger partial charge in [0.05, 0.1) is 10.5 Å². The molecule has 0 heterocycles. The molecule has 0 N–H and O–H groups in total. The van der Waals surface area contributed by atoms with Crippen molar-refractivity contribution in [1.29, 1.82) is 5.26 Å². The number of nitrogens with zero attached hydrogens (tertiary/aromatic N) is 4. The van der Waals surface area contributed by atoms with E-state index in [-0.39, 0.29) is 5.82 Å². The minimum Gasteiger partial charge on any atom is -0.207 e. The Morgan fingerprint density at radius 1 is 0.706 bits per heavy atom. The molecule has 0 saturated carbocycles. The van der Waals surface area contributed by atoms with E-state index in [0.29, 0.717) is 16.1 Å². The van der Waals surface area contributed by atoms with Gasteiger partial charge < -0.3 is 0 Å². The van der Waals surface area contributed by atoms with E-state index < -0.39 is 0 Å². The number of hydrogen-bond acceptors (Lipinski definition) is 3. The number of nitriles is 1. The molecular weight excluding hydrogens is 423 g/mol. The number of benzene rings is 4. The van der Waals surface area contributed by atoms with E-state index in [1.54, 1.807) is 6.07 Å². The second-order valence-electron chi connectivity index (χ2n) is 8.37. The van der Waals surface area contributed by atoms with Crippen molar-refractivity contribution in [3.63, 3.8) is 0 Å².